The standard InChI is InChI=1S/C21H31NO3/c1-2-3-4-5-6-7-8-9-14-19(23)20(24)17-15-16-12-10-11-13-18(16)22-21(17)25/h10-13,15,19-20,23-24H,2-9,14H2,1H3,(H,22,25). The minimum Gasteiger partial charge on any atom is -0.390 e. The Kier molecular flexibility index (Phi) is 8.16. The van der Waals surface area contributed by atoms with Crippen LogP contribution in [0.4, 0.5) is 0 Å². The average molecular weight is 345 g/mol. The molecule has 2 atom stereocenters. The Morgan fingerprint density at radius 1 is 0.960 bits per heavy atom. The molecule has 0 aliphatic carbocycles. The number of H-pyrrole nitrogens is 1. The summed E-state index contributed by atoms with van der Waals surface area (Å²) in [7, 11) is 0. The van der Waals surface area contributed by atoms with Crippen molar-refractivity contribution in [3.05, 3.63) is 46.2 Å². The molecule has 4 heteroatoms. The monoisotopic (exact) mass is 345 g/mol. The van der Waals surface area contributed by atoms with Gasteiger partial charge in [0.1, 0.15) is 6.10 Å². The minimum atomic E-state index is -1.14. The molecule has 0 amide bonds. The zero-order chi connectivity index (χ0) is 18.1. The van der Waals surface area contributed by atoms with Crippen LogP contribution in [-0.2, 0) is 0 Å². The molecule has 2 aromatic rings. The lowest BCUT2D eigenvalue weighted by atomic mass is 9.99. The second-order valence-electron chi connectivity index (χ2n) is 6.92. The fourth-order valence-corrected chi connectivity index (χ4v) is 3.24. The van der Waals surface area contributed by atoms with Gasteiger partial charge in [0.15, 0.2) is 0 Å². The fraction of sp³-hybridized carbons (Fsp3) is 0.571. The lowest BCUT2D eigenvalue weighted by Gasteiger charge is -2.18. The number of pyridine rings is 1. The van der Waals surface area contributed by atoms with Crippen LogP contribution in [0.3, 0.4) is 0 Å². The predicted octanol–water partition coefficient (Wildman–Crippen LogP) is 4.45. The molecular formula is C21H31NO3. The molecule has 1 aromatic carbocycles. The molecule has 138 valence electrons. The number of nitrogens with one attached hydrogen (secondary N) is 1. The number of aromatic nitrogens is 1. The molecule has 0 aliphatic heterocycles. The van der Waals surface area contributed by atoms with Gasteiger partial charge in [0.25, 0.3) is 5.56 Å². The normalized spacial score (nSPS) is 13.9. The van der Waals surface area contributed by atoms with Crippen molar-refractivity contribution in [2.75, 3.05) is 0 Å². The Morgan fingerprint density at radius 3 is 2.32 bits per heavy atom. The van der Waals surface area contributed by atoms with Crippen molar-refractivity contribution < 1.29 is 10.2 Å². The Labute approximate surface area is 149 Å². The first-order chi connectivity index (χ1) is 12.1. The fourth-order valence-electron chi connectivity index (χ4n) is 3.24. The Hall–Kier alpha value is -1.65. The highest BCUT2D eigenvalue weighted by molar-refractivity contribution is 5.78. The third-order valence-electron chi connectivity index (χ3n) is 4.82. The van der Waals surface area contributed by atoms with Gasteiger partial charge < -0.3 is 15.2 Å². The molecule has 1 heterocycles. The third-order valence-corrected chi connectivity index (χ3v) is 4.82. The largest absolute Gasteiger partial charge is 0.390 e. The van der Waals surface area contributed by atoms with E-state index in [2.05, 4.69) is 11.9 Å². The molecule has 2 unspecified atom stereocenters. The number of aromatic amines is 1. The summed E-state index contributed by atoms with van der Waals surface area (Å²) >= 11 is 0. The van der Waals surface area contributed by atoms with Crippen molar-refractivity contribution in [2.24, 2.45) is 0 Å². The molecule has 25 heavy (non-hydrogen) atoms. The molecule has 0 bridgehead atoms. The van der Waals surface area contributed by atoms with E-state index >= 15 is 0 Å². The number of unbranched alkanes of at least 4 members (excludes halogenated alkanes) is 7. The highest BCUT2D eigenvalue weighted by atomic mass is 16.3. The molecule has 0 saturated carbocycles. The van der Waals surface area contributed by atoms with E-state index in [9.17, 15) is 15.0 Å². The summed E-state index contributed by atoms with van der Waals surface area (Å²) in [5.41, 5.74) is 0.646. The van der Waals surface area contributed by atoms with Crippen LogP contribution in [0.15, 0.2) is 35.1 Å². The molecule has 0 aliphatic rings. The van der Waals surface area contributed by atoms with Gasteiger partial charge in [0, 0.05) is 11.1 Å². The van der Waals surface area contributed by atoms with Crippen molar-refractivity contribution in [1.82, 2.24) is 4.98 Å². The molecule has 0 radical (unpaired) electrons. The molecule has 4 nitrogen and oxygen atoms in total. The highest BCUT2D eigenvalue weighted by Gasteiger charge is 2.21. The van der Waals surface area contributed by atoms with Crippen LogP contribution in [0.2, 0.25) is 0 Å². The van der Waals surface area contributed by atoms with Gasteiger partial charge >= 0.3 is 0 Å². The molecule has 1 aromatic heterocycles. The zero-order valence-corrected chi connectivity index (χ0v) is 15.2. The van der Waals surface area contributed by atoms with Crippen molar-refractivity contribution in [3.63, 3.8) is 0 Å². The third kappa shape index (κ3) is 5.98. The van der Waals surface area contributed by atoms with E-state index in [-0.39, 0.29) is 11.1 Å². The Balaban J connectivity index is 1.81. The van der Waals surface area contributed by atoms with Gasteiger partial charge in [0.05, 0.1) is 6.10 Å². The summed E-state index contributed by atoms with van der Waals surface area (Å²) in [6.07, 6.45) is 7.98. The van der Waals surface area contributed by atoms with Crippen LogP contribution in [-0.4, -0.2) is 21.3 Å². The number of hydrogen-bond donors (Lipinski definition) is 3. The Bertz CT molecular complexity index is 695. The van der Waals surface area contributed by atoms with Crippen LogP contribution >= 0.6 is 0 Å². The van der Waals surface area contributed by atoms with Gasteiger partial charge in [-0.05, 0) is 23.9 Å². The van der Waals surface area contributed by atoms with Gasteiger partial charge in [-0.3, -0.25) is 4.79 Å². The lowest BCUT2D eigenvalue weighted by Crippen LogP contribution is -2.25. The number of aliphatic hydroxyl groups excluding tert-OH is 2. The van der Waals surface area contributed by atoms with E-state index in [1.54, 1.807) is 6.07 Å². The molecule has 0 saturated heterocycles. The average Bonchev–Trinajstić information content (AvgIpc) is 2.62. The van der Waals surface area contributed by atoms with E-state index in [0.29, 0.717) is 6.42 Å². The van der Waals surface area contributed by atoms with Crippen molar-refractivity contribution in [2.45, 2.75) is 76.9 Å². The first-order valence-electron chi connectivity index (χ1n) is 9.61. The molecular weight excluding hydrogens is 314 g/mol. The van der Waals surface area contributed by atoms with Crippen molar-refractivity contribution in [3.8, 4) is 0 Å². The molecule has 2 rings (SSSR count). The minimum absolute atomic E-state index is 0.241. The number of para-hydroxylation sites is 1. The SMILES string of the molecule is CCCCCCCCCCC(O)C(O)c1cc2ccccc2[nH]c1=O. The smallest absolute Gasteiger partial charge is 0.254 e. The summed E-state index contributed by atoms with van der Waals surface area (Å²) in [4.78, 5) is 14.9. The van der Waals surface area contributed by atoms with E-state index in [1.807, 2.05) is 24.3 Å². The number of benzene rings is 1. The van der Waals surface area contributed by atoms with Gasteiger partial charge in [0.2, 0.25) is 0 Å². The molecule has 0 fully saturated rings. The van der Waals surface area contributed by atoms with Gasteiger partial charge in [-0.15, -0.1) is 0 Å². The van der Waals surface area contributed by atoms with Crippen LogP contribution in [0.1, 0.15) is 76.4 Å². The summed E-state index contributed by atoms with van der Waals surface area (Å²) in [5.74, 6) is 0. The van der Waals surface area contributed by atoms with E-state index in [1.165, 1.54) is 38.5 Å². The Morgan fingerprint density at radius 2 is 1.60 bits per heavy atom. The number of aliphatic hydroxyl groups is 2. The quantitative estimate of drug-likeness (QED) is 0.527. The zero-order valence-electron chi connectivity index (χ0n) is 15.2. The first kappa shape index (κ1) is 19.7. The van der Waals surface area contributed by atoms with Gasteiger partial charge in [-0.2, -0.15) is 0 Å². The van der Waals surface area contributed by atoms with E-state index < -0.39 is 12.2 Å². The van der Waals surface area contributed by atoms with Crippen LogP contribution in [0.25, 0.3) is 10.9 Å². The van der Waals surface area contributed by atoms with Crippen molar-refractivity contribution >= 4 is 10.9 Å². The second-order valence-corrected chi connectivity index (χ2v) is 6.92. The molecule has 3 N–H and O–H groups in total. The predicted molar refractivity (Wildman–Crippen MR) is 103 cm³/mol. The van der Waals surface area contributed by atoms with Gasteiger partial charge in [-0.1, -0.05) is 76.5 Å². The van der Waals surface area contributed by atoms with Crippen molar-refractivity contribution in [1.29, 1.82) is 0 Å². The summed E-state index contributed by atoms with van der Waals surface area (Å²) in [6, 6.07) is 9.12. The maximum Gasteiger partial charge on any atom is 0.254 e. The maximum absolute atomic E-state index is 12.2. The van der Waals surface area contributed by atoms with Crippen LogP contribution in [0.5, 0.6) is 0 Å². The number of fused-ring (bicyclic) bond motifs is 1. The summed E-state index contributed by atoms with van der Waals surface area (Å²) in [5, 5.41) is 21.5. The maximum atomic E-state index is 12.2. The highest BCUT2D eigenvalue weighted by Crippen LogP contribution is 2.21. The molecule has 0 spiro atoms. The second kappa shape index (κ2) is 10.4. The topological polar surface area (TPSA) is 73.3 Å². The van der Waals surface area contributed by atoms with E-state index in [4.69, 9.17) is 0 Å². The summed E-state index contributed by atoms with van der Waals surface area (Å²) < 4.78 is 0. The lowest BCUT2D eigenvalue weighted by molar-refractivity contribution is 0.0112. The first-order valence-corrected chi connectivity index (χ1v) is 9.61. The van der Waals surface area contributed by atoms with Gasteiger partial charge in [-0.25, -0.2) is 0 Å². The van der Waals surface area contributed by atoms with E-state index in [0.717, 1.165) is 23.7 Å². The van der Waals surface area contributed by atoms with Crippen LogP contribution < -0.4 is 5.56 Å². The number of rotatable bonds is 11. The number of hydrogen-bond acceptors (Lipinski definition) is 3. The van der Waals surface area contributed by atoms with Crippen LogP contribution in [0, 0.1) is 0 Å². The summed E-state index contributed by atoms with van der Waals surface area (Å²) in [6.45, 7) is 2.22.